The highest BCUT2D eigenvalue weighted by Crippen LogP contribution is 2.23. The second-order valence-electron chi connectivity index (χ2n) is 7.44. The van der Waals surface area contributed by atoms with E-state index >= 15 is 0 Å². The van der Waals surface area contributed by atoms with Gasteiger partial charge < -0.3 is 19.9 Å². The highest BCUT2D eigenvalue weighted by Gasteiger charge is 2.24. The van der Waals surface area contributed by atoms with Crippen LogP contribution in [0.25, 0.3) is 11.0 Å². The number of aryl methyl sites for hydroxylation is 1. The zero-order valence-corrected chi connectivity index (χ0v) is 17.3. The van der Waals surface area contributed by atoms with Gasteiger partial charge in [-0.3, -0.25) is 9.59 Å². The third-order valence-electron chi connectivity index (χ3n) is 5.39. The Morgan fingerprint density at radius 2 is 2.00 bits per heavy atom. The lowest BCUT2D eigenvalue weighted by molar-refractivity contribution is -0.145. The van der Waals surface area contributed by atoms with E-state index in [0.717, 1.165) is 22.4 Å². The van der Waals surface area contributed by atoms with E-state index in [1.807, 2.05) is 41.0 Å². The highest BCUT2D eigenvalue weighted by atomic mass is 16.5. The van der Waals surface area contributed by atoms with Crippen molar-refractivity contribution in [3.05, 3.63) is 65.5 Å². The van der Waals surface area contributed by atoms with Gasteiger partial charge in [-0.25, -0.2) is 9.78 Å². The molecule has 0 fully saturated rings. The van der Waals surface area contributed by atoms with Crippen LogP contribution in [-0.4, -0.2) is 47.0 Å². The number of ether oxygens (including phenoxy) is 1. The maximum absolute atomic E-state index is 12.6. The molecular weight excluding hydrogens is 396 g/mol. The zero-order valence-electron chi connectivity index (χ0n) is 17.3. The number of hydrogen-bond acceptors (Lipinski definition) is 5. The van der Waals surface area contributed by atoms with E-state index in [2.05, 4.69) is 15.6 Å². The molecule has 4 rings (SSSR count). The van der Waals surface area contributed by atoms with Crippen molar-refractivity contribution in [3.8, 4) is 0 Å². The molecule has 0 saturated carbocycles. The fourth-order valence-electron chi connectivity index (χ4n) is 3.90. The quantitative estimate of drug-likeness (QED) is 0.566. The highest BCUT2D eigenvalue weighted by molar-refractivity contribution is 6.05. The van der Waals surface area contributed by atoms with Crippen molar-refractivity contribution in [2.45, 2.75) is 31.8 Å². The van der Waals surface area contributed by atoms with Crippen LogP contribution < -0.4 is 10.6 Å². The maximum Gasteiger partial charge on any atom is 0.328 e. The molecule has 2 aromatic carbocycles. The maximum atomic E-state index is 12.6. The minimum Gasteiger partial charge on any atom is -0.467 e. The molecule has 0 bridgehead atoms. The van der Waals surface area contributed by atoms with Crippen molar-refractivity contribution in [2.24, 2.45) is 0 Å². The van der Waals surface area contributed by atoms with E-state index < -0.39 is 12.0 Å². The normalized spacial score (nSPS) is 13.9. The van der Waals surface area contributed by atoms with Gasteiger partial charge in [-0.15, -0.1) is 0 Å². The van der Waals surface area contributed by atoms with Crippen LogP contribution in [0.5, 0.6) is 0 Å². The van der Waals surface area contributed by atoms with Crippen molar-refractivity contribution < 1.29 is 19.1 Å². The Morgan fingerprint density at radius 1 is 1.19 bits per heavy atom. The summed E-state index contributed by atoms with van der Waals surface area (Å²) >= 11 is 0. The minimum absolute atomic E-state index is 0.115. The molecule has 2 amide bonds. The first-order valence-corrected chi connectivity index (χ1v) is 10.2. The van der Waals surface area contributed by atoms with Crippen LogP contribution in [0.3, 0.4) is 0 Å². The third kappa shape index (κ3) is 4.42. The topological polar surface area (TPSA) is 102 Å². The van der Waals surface area contributed by atoms with E-state index in [0.29, 0.717) is 31.5 Å². The summed E-state index contributed by atoms with van der Waals surface area (Å²) in [6, 6.07) is 14.2. The molecule has 1 aromatic heterocycles. The van der Waals surface area contributed by atoms with Crippen LogP contribution in [0.1, 0.15) is 28.2 Å². The molecule has 160 valence electrons. The Bertz CT molecular complexity index is 1120. The molecule has 1 aliphatic heterocycles. The molecule has 3 aromatic rings. The molecule has 0 aliphatic carbocycles. The molecule has 31 heavy (non-hydrogen) atoms. The minimum atomic E-state index is -0.755. The molecule has 1 aliphatic rings. The predicted octanol–water partition coefficient (Wildman–Crippen LogP) is 1.61. The van der Waals surface area contributed by atoms with E-state index in [9.17, 15) is 14.4 Å². The van der Waals surface area contributed by atoms with Crippen molar-refractivity contribution in [3.63, 3.8) is 0 Å². The molecule has 0 saturated heterocycles. The number of methoxy groups -OCH3 is 1. The molecule has 8 heteroatoms. The second-order valence-corrected chi connectivity index (χ2v) is 7.44. The van der Waals surface area contributed by atoms with Gasteiger partial charge in [0, 0.05) is 32.4 Å². The Morgan fingerprint density at radius 3 is 2.77 bits per heavy atom. The first-order chi connectivity index (χ1) is 15.1. The number of carbonyl (C=O) groups is 3. The summed E-state index contributed by atoms with van der Waals surface area (Å²) in [5, 5.41) is 5.67. The van der Waals surface area contributed by atoms with E-state index in [1.54, 1.807) is 12.1 Å². The summed E-state index contributed by atoms with van der Waals surface area (Å²) in [6.07, 6.45) is 0.921. The molecule has 2 heterocycles. The third-order valence-corrected chi connectivity index (χ3v) is 5.39. The van der Waals surface area contributed by atoms with E-state index in [-0.39, 0.29) is 18.2 Å². The van der Waals surface area contributed by atoms with Crippen LogP contribution >= 0.6 is 0 Å². The zero-order chi connectivity index (χ0) is 21.8. The Labute approximate surface area is 179 Å². The van der Waals surface area contributed by atoms with Crippen LogP contribution in [0, 0.1) is 0 Å². The summed E-state index contributed by atoms with van der Waals surface area (Å²) in [5.41, 5.74) is 3.06. The first-order valence-electron chi connectivity index (χ1n) is 10.2. The summed E-state index contributed by atoms with van der Waals surface area (Å²) in [5.74, 6) is -0.110. The number of aromatic nitrogens is 2. The summed E-state index contributed by atoms with van der Waals surface area (Å²) in [7, 11) is 1.31. The number of hydrogen-bond donors (Lipinski definition) is 2. The van der Waals surface area contributed by atoms with Gasteiger partial charge in [0.15, 0.2) is 0 Å². The lowest BCUT2D eigenvalue weighted by Crippen LogP contribution is -2.43. The Balaban J connectivity index is 1.47. The van der Waals surface area contributed by atoms with Gasteiger partial charge in [-0.05, 0) is 17.7 Å². The van der Waals surface area contributed by atoms with Crippen molar-refractivity contribution in [2.75, 3.05) is 13.7 Å². The fraction of sp³-hybridized carbons (Fsp3) is 0.304. The second kappa shape index (κ2) is 8.99. The number of carbonyl (C=O) groups excluding carboxylic acids is 3. The lowest BCUT2D eigenvalue weighted by atomic mass is 10.1. The van der Waals surface area contributed by atoms with Gasteiger partial charge in [-0.1, -0.05) is 36.4 Å². The smallest absolute Gasteiger partial charge is 0.328 e. The monoisotopic (exact) mass is 420 g/mol. The molecular formula is C23H24N4O4. The fourth-order valence-corrected chi connectivity index (χ4v) is 3.90. The largest absolute Gasteiger partial charge is 0.467 e. The van der Waals surface area contributed by atoms with E-state index in [4.69, 9.17) is 4.74 Å². The number of nitrogens with one attached hydrogen (secondary N) is 2. The van der Waals surface area contributed by atoms with Gasteiger partial charge in [-0.2, -0.15) is 0 Å². The molecule has 2 N–H and O–H groups in total. The summed E-state index contributed by atoms with van der Waals surface area (Å²) in [4.78, 5) is 41.7. The van der Waals surface area contributed by atoms with Crippen molar-refractivity contribution >= 4 is 28.8 Å². The number of imidazole rings is 1. The summed E-state index contributed by atoms with van der Waals surface area (Å²) < 4.78 is 6.86. The Kier molecular flexibility index (Phi) is 5.97. The predicted molar refractivity (Wildman–Crippen MR) is 114 cm³/mol. The van der Waals surface area contributed by atoms with Crippen LogP contribution in [-0.2, 0) is 33.7 Å². The van der Waals surface area contributed by atoms with Crippen LogP contribution in [0.2, 0.25) is 0 Å². The van der Waals surface area contributed by atoms with E-state index in [1.165, 1.54) is 7.11 Å². The van der Waals surface area contributed by atoms with Gasteiger partial charge in [0.25, 0.3) is 5.91 Å². The average molecular weight is 420 g/mol. The number of para-hydroxylation sites is 1. The number of rotatable bonds is 7. The lowest BCUT2D eigenvalue weighted by Gasteiger charge is -2.16. The van der Waals surface area contributed by atoms with Crippen LogP contribution in [0.15, 0.2) is 48.5 Å². The number of benzene rings is 2. The number of nitrogens with zero attached hydrogens (tertiary/aromatic N) is 2. The molecule has 0 radical (unpaired) electrons. The number of amides is 2. The van der Waals surface area contributed by atoms with Gasteiger partial charge in [0.2, 0.25) is 5.91 Å². The Hall–Kier alpha value is -3.68. The molecule has 0 spiro atoms. The molecule has 8 nitrogen and oxygen atoms in total. The van der Waals surface area contributed by atoms with Crippen molar-refractivity contribution in [1.29, 1.82) is 0 Å². The molecule has 1 atom stereocenters. The standard InChI is InChI=1S/C23H24N4O4/c1-31-23(30)18(14-15-6-3-2-4-7-15)26-20(28)11-10-19-25-17-9-5-8-16-21(17)27(19)13-12-24-22(16)29/h2-9,18H,10-14H2,1H3,(H,24,29)(H,26,28). The SMILES string of the molecule is COC(=O)C(Cc1ccccc1)NC(=O)CCc1nc2cccc3c2n1CCNC3=O. The van der Waals surface area contributed by atoms with Crippen LogP contribution in [0.4, 0.5) is 0 Å². The van der Waals surface area contributed by atoms with Gasteiger partial charge in [0.1, 0.15) is 11.9 Å². The molecule has 1 unspecified atom stereocenters. The number of esters is 1. The van der Waals surface area contributed by atoms with Crippen molar-refractivity contribution in [1.82, 2.24) is 20.2 Å². The summed E-state index contributed by atoms with van der Waals surface area (Å²) in [6.45, 7) is 1.09. The van der Waals surface area contributed by atoms with Gasteiger partial charge >= 0.3 is 5.97 Å². The average Bonchev–Trinajstić information content (AvgIpc) is 3.05. The first kappa shape index (κ1) is 20.6. The van der Waals surface area contributed by atoms with Gasteiger partial charge in [0.05, 0.1) is 23.7 Å².